The molecule has 10 rings (SSSR count). The Bertz CT molecular complexity index is 3640. The van der Waals surface area contributed by atoms with Gasteiger partial charge in [0.25, 0.3) is 0 Å². The molecule has 2 aliphatic heterocycles. The molecule has 0 amide bonds. The molecule has 494 valence electrons. The molecular weight excluding hydrogens is 1230 g/mol. The van der Waals surface area contributed by atoms with Crippen LogP contribution >= 0.6 is 7.82 Å². The van der Waals surface area contributed by atoms with Crippen molar-refractivity contribution in [2.75, 3.05) is 33.0 Å². The zero-order valence-electron chi connectivity index (χ0n) is 54.1. The number of rotatable bonds is 33. The summed E-state index contributed by atoms with van der Waals surface area (Å²) >= 11 is 0. The molecule has 2 fully saturated rings. The van der Waals surface area contributed by atoms with Crippen LogP contribution in [0.2, 0.25) is 18.1 Å². The van der Waals surface area contributed by atoms with Crippen LogP contribution in [0.15, 0.2) is 224 Å². The quantitative estimate of drug-likeness (QED) is 0.0164. The first-order valence-corrected chi connectivity index (χ1v) is 36.5. The van der Waals surface area contributed by atoms with E-state index in [1.165, 1.54) is 0 Å². The van der Waals surface area contributed by atoms with Gasteiger partial charge in [-0.15, -0.1) is 0 Å². The average molecular weight is 1310 g/mol. The lowest BCUT2D eigenvalue weighted by Gasteiger charge is -2.47. The second kappa shape index (κ2) is 34.6. The normalized spacial score (nSPS) is 22.3. The maximum atomic E-state index is 15.8. The van der Waals surface area contributed by atoms with E-state index in [0.717, 1.165) is 44.2 Å². The molecule has 0 aromatic heterocycles. The fraction of sp³-hybridized carbons (Fsp3) is 0.368. The van der Waals surface area contributed by atoms with Crippen molar-refractivity contribution < 1.29 is 70.0 Å². The predicted octanol–water partition coefficient (Wildman–Crippen LogP) is 15.1. The molecule has 0 saturated carbocycles. The maximum absolute atomic E-state index is 15.8. The molecule has 1 unspecified atom stereocenters. The van der Waals surface area contributed by atoms with E-state index in [1.54, 1.807) is 12.1 Å². The number of nitriles is 1. The zero-order chi connectivity index (χ0) is 65.6. The zero-order valence-corrected chi connectivity index (χ0v) is 56.0. The van der Waals surface area contributed by atoms with Crippen molar-refractivity contribution in [1.29, 1.82) is 5.26 Å². The number of benzene rings is 8. The summed E-state index contributed by atoms with van der Waals surface area (Å²) in [5, 5.41) is 11.6. The van der Waals surface area contributed by atoms with Crippen molar-refractivity contribution in [2.24, 2.45) is 0 Å². The smallest absolute Gasteiger partial charge is 0.459 e. The summed E-state index contributed by atoms with van der Waals surface area (Å²) in [4.78, 5) is 14.2. The fourth-order valence-corrected chi connectivity index (χ4v) is 13.2. The minimum Gasteiger partial charge on any atom is -0.459 e. The summed E-state index contributed by atoms with van der Waals surface area (Å²) in [6.07, 6.45) is -9.44. The molecule has 0 spiro atoms. The van der Waals surface area contributed by atoms with Gasteiger partial charge in [0.2, 0.25) is 0 Å². The van der Waals surface area contributed by atoms with Crippen LogP contribution in [-0.2, 0) is 105 Å². The van der Waals surface area contributed by atoms with Crippen LogP contribution in [0.25, 0.3) is 10.8 Å². The van der Waals surface area contributed by atoms with Gasteiger partial charge in [-0.3, -0.25) is 13.6 Å². The third-order valence-electron chi connectivity index (χ3n) is 17.2. The molecule has 2 heterocycles. The molecule has 0 N–H and O–H groups in total. The van der Waals surface area contributed by atoms with Crippen LogP contribution in [0.3, 0.4) is 0 Å². The number of phosphoric ester groups is 1. The second-order valence-corrected chi connectivity index (χ2v) is 31.5. The second-order valence-electron chi connectivity index (χ2n) is 25.0. The van der Waals surface area contributed by atoms with E-state index in [9.17, 15) is 10.1 Å². The standard InChI is InChI=1S/C76H86NO15PSi/c1-76(2,3)94(4,5)90-55-68-72(83-49-59-33-18-9-19-34-59)74(85-51-61-37-22-11-23-38-61)71(82-48-58-31-16-8-17-32-58)67(92-68)54-89-93(79,87-44-26-43-77)88-53-66-70(81-47-57-29-14-7-15-30-57)73(84-50-60-35-20-10-21-36-60)69(80-46-56-27-12-6-13-28-56)65(91-66)52-86-75(78)64-42-41-62-39-24-25-40-63(62)45-64/h6-25,27-42,45,65-74H,26,44,46-55H2,1-5H3/t65-,66+,67-,68+,69-,70+,71-,72+,73+,74+,93?/m0/s1. The van der Waals surface area contributed by atoms with Gasteiger partial charge >= 0.3 is 13.8 Å². The predicted molar refractivity (Wildman–Crippen MR) is 361 cm³/mol. The molecule has 0 bridgehead atoms. The van der Waals surface area contributed by atoms with Crippen molar-refractivity contribution in [2.45, 2.75) is 146 Å². The third kappa shape index (κ3) is 20.0. The Balaban J connectivity index is 0.994. The largest absolute Gasteiger partial charge is 0.475 e. The Morgan fingerprint density at radius 2 is 0.766 bits per heavy atom. The number of hydrogen-bond donors (Lipinski definition) is 0. The highest BCUT2D eigenvalue weighted by Crippen LogP contribution is 2.51. The average Bonchev–Trinajstić information content (AvgIpc) is 0.904. The Morgan fingerprint density at radius 3 is 1.13 bits per heavy atom. The van der Waals surface area contributed by atoms with Gasteiger partial charge in [0.15, 0.2) is 8.32 Å². The first-order valence-electron chi connectivity index (χ1n) is 32.2. The topological polar surface area (TPSA) is 178 Å². The van der Waals surface area contributed by atoms with Crippen LogP contribution in [0.5, 0.6) is 0 Å². The molecule has 2 aliphatic rings. The SMILES string of the molecule is CC(C)(C)[Si](C)(C)OC[C@H]1O[C@@H](COP(=O)(OCCC#N)OC[C@H]2O[C@@H](COC(=O)c3ccc4ccccc4c3)[C@H](OCc3ccccc3)[C@@H](OCc3ccccc3)[C@@H]2OCc2ccccc2)[C@H](OCc2ccccc2)[C@@H](OCc2ccccc2)[C@@H]1OCc1ccccc1. The minimum absolute atomic E-state index is 0.101. The van der Waals surface area contributed by atoms with Crippen molar-refractivity contribution in [3.63, 3.8) is 0 Å². The minimum atomic E-state index is -4.76. The lowest BCUT2D eigenvalue weighted by molar-refractivity contribution is -0.275. The van der Waals surface area contributed by atoms with Gasteiger partial charge in [0.05, 0.1) is 84.1 Å². The Hall–Kier alpha value is -7.05. The van der Waals surface area contributed by atoms with Gasteiger partial charge in [0.1, 0.15) is 67.6 Å². The van der Waals surface area contributed by atoms with Gasteiger partial charge in [-0.1, -0.05) is 233 Å². The summed E-state index contributed by atoms with van der Waals surface area (Å²) in [5.41, 5.74) is 5.71. The molecular formula is C76H86NO15PSi. The van der Waals surface area contributed by atoms with Crippen LogP contribution in [0.1, 0.15) is 70.9 Å². The molecule has 11 atom stereocenters. The van der Waals surface area contributed by atoms with E-state index < -0.39 is 96.4 Å². The van der Waals surface area contributed by atoms with Gasteiger partial charge in [-0.2, -0.15) is 5.26 Å². The number of nitrogens with zero attached hydrogens (tertiary/aromatic N) is 1. The van der Waals surface area contributed by atoms with Crippen LogP contribution in [0, 0.1) is 11.3 Å². The van der Waals surface area contributed by atoms with Crippen molar-refractivity contribution in [1.82, 2.24) is 0 Å². The van der Waals surface area contributed by atoms with Crippen molar-refractivity contribution >= 4 is 32.9 Å². The molecule has 94 heavy (non-hydrogen) atoms. The Labute approximate surface area is 553 Å². The van der Waals surface area contributed by atoms with E-state index in [4.69, 9.17) is 60.6 Å². The fourth-order valence-electron chi connectivity index (χ4n) is 11.0. The number of phosphoric acid groups is 1. The number of carbonyl (C=O) groups is 1. The number of ether oxygens (including phenoxy) is 9. The number of esters is 1. The summed E-state index contributed by atoms with van der Waals surface area (Å²) in [6.45, 7) is 10.5. The van der Waals surface area contributed by atoms with Crippen molar-refractivity contribution in [3.05, 3.63) is 263 Å². The van der Waals surface area contributed by atoms with Crippen LogP contribution in [0.4, 0.5) is 0 Å². The highest BCUT2D eigenvalue weighted by Gasteiger charge is 2.52. The number of carbonyl (C=O) groups excluding carboxylic acids is 1. The van der Waals surface area contributed by atoms with Crippen molar-refractivity contribution in [3.8, 4) is 6.07 Å². The molecule has 2 saturated heterocycles. The summed E-state index contributed by atoms with van der Waals surface area (Å²) in [6, 6.07) is 73.8. The number of fused-ring (bicyclic) bond motifs is 1. The molecule has 16 nitrogen and oxygen atoms in total. The first kappa shape index (κ1) is 69.8. The molecule has 0 radical (unpaired) electrons. The molecule has 8 aromatic rings. The summed E-state index contributed by atoms with van der Waals surface area (Å²) in [5.74, 6) is -0.580. The first-order chi connectivity index (χ1) is 45.7. The van der Waals surface area contributed by atoms with Crippen LogP contribution in [-0.4, -0.2) is 108 Å². The summed E-state index contributed by atoms with van der Waals surface area (Å²) < 4.78 is 104. The lowest BCUT2D eigenvalue weighted by atomic mass is 9.94. The van der Waals surface area contributed by atoms with E-state index in [2.05, 4.69) is 39.9 Å². The highest BCUT2D eigenvalue weighted by molar-refractivity contribution is 7.48. The highest BCUT2D eigenvalue weighted by atomic mass is 31.2. The molecule has 8 aromatic carbocycles. The van der Waals surface area contributed by atoms with Gasteiger partial charge in [0, 0.05) is 0 Å². The van der Waals surface area contributed by atoms with Crippen LogP contribution < -0.4 is 0 Å². The number of hydrogen-bond acceptors (Lipinski definition) is 16. The Morgan fingerprint density at radius 1 is 0.436 bits per heavy atom. The van der Waals surface area contributed by atoms with Gasteiger partial charge < -0.3 is 47.1 Å². The Kier molecular flexibility index (Phi) is 25.7. The van der Waals surface area contributed by atoms with E-state index in [1.807, 2.05) is 212 Å². The summed E-state index contributed by atoms with van der Waals surface area (Å²) in [7, 11) is -7.19. The van der Waals surface area contributed by atoms with E-state index in [-0.39, 0.29) is 70.9 Å². The van der Waals surface area contributed by atoms with E-state index >= 15 is 4.57 Å². The molecule has 18 heteroatoms. The monoisotopic (exact) mass is 1310 g/mol. The van der Waals surface area contributed by atoms with Gasteiger partial charge in [-0.05, 0) is 74.4 Å². The maximum Gasteiger partial charge on any atom is 0.475 e. The molecule has 0 aliphatic carbocycles. The van der Waals surface area contributed by atoms with Gasteiger partial charge in [-0.25, -0.2) is 9.36 Å². The van der Waals surface area contributed by atoms with E-state index in [0.29, 0.717) is 5.56 Å². The third-order valence-corrected chi connectivity index (χ3v) is 23.1. The lowest BCUT2D eigenvalue weighted by Crippen LogP contribution is -2.62.